The Bertz CT molecular complexity index is 958. The van der Waals surface area contributed by atoms with Crippen molar-refractivity contribution in [2.75, 3.05) is 5.32 Å². The summed E-state index contributed by atoms with van der Waals surface area (Å²) in [6, 6.07) is 10.4. The van der Waals surface area contributed by atoms with Gasteiger partial charge in [-0.05, 0) is 50.7 Å². The topological polar surface area (TPSA) is 46.9 Å². The van der Waals surface area contributed by atoms with Crippen molar-refractivity contribution in [2.45, 2.75) is 52.1 Å². The Balaban J connectivity index is 1.80. The van der Waals surface area contributed by atoms with Crippen molar-refractivity contribution >= 4 is 27.5 Å². The van der Waals surface area contributed by atoms with Gasteiger partial charge in [-0.25, -0.2) is 4.98 Å². The third-order valence-corrected chi connectivity index (χ3v) is 6.22. The van der Waals surface area contributed by atoms with Gasteiger partial charge in [0, 0.05) is 11.4 Å². The van der Waals surface area contributed by atoms with Gasteiger partial charge in [-0.2, -0.15) is 0 Å². The van der Waals surface area contributed by atoms with E-state index in [9.17, 15) is 4.79 Å². The van der Waals surface area contributed by atoms with Crippen molar-refractivity contribution in [2.24, 2.45) is 0 Å². The summed E-state index contributed by atoms with van der Waals surface area (Å²) >= 11 is 1.71. The summed E-state index contributed by atoms with van der Waals surface area (Å²) in [7, 11) is 0. The molecule has 0 saturated heterocycles. The molecule has 1 aliphatic carbocycles. The van der Waals surface area contributed by atoms with Crippen LogP contribution in [0.3, 0.4) is 0 Å². The van der Waals surface area contributed by atoms with Crippen LogP contribution in [-0.4, -0.2) is 9.55 Å². The highest BCUT2D eigenvalue weighted by atomic mass is 32.1. The molecule has 5 heteroatoms. The molecule has 0 saturated carbocycles. The lowest BCUT2D eigenvalue weighted by molar-refractivity contribution is 0.692. The number of nitrogens with zero attached hydrogens (tertiary/aromatic N) is 2. The number of aryl methyl sites for hydroxylation is 2. The SMILES string of the molecule is CCn1c(NC(C)c2ccccc2)nc2sc3c(c2c1=O)CCCC3. The summed E-state index contributed by atoms with van der Waals surface area (Å²) < 4.78 is 1.78. The highest BCUT2D eigenvalue weighted by molar-refractivity contribution is 7.18. The van der Waals surface area contributed by atoms with E-state index in [4.69, 9.17) is 4.98 Å². The van der Waals surface area contributed by atoms with Crippen LogP contribution in [0.1, 0.15) is 48.7 Å². The Morgan fingerprint density at radius 2 is 2.00 bits per heavy atom. The fraction of sp³-hybridized carbons (Fsp3) is 0.400. The second-order valence-corrected chi connectivity index (χ2v) is 7.74. The minimum absolute atomic E-state index is 0.0953. The molecular weight excluding hydrogens is 330 g/mol. The standard InChI is InChI=1S/C20H23N3OS/c1-3-23-19(24)17-15-11-7-8-12-16(15)25-18(17)22-20(23)21-13(2)14-9-5-4-6-10-14/h4-6,9-10,13H,3,7-8,11-12H2,1-2H3,(H,21,22). The maximum atomic E-state index is 13.1. The van der Waals surface area contributed by atoms with Gasteiger partial charge in [0.2, 0.25) is 5.95 Å². The first-order valence-corrected chi connectivity index (χ1v) is 9.87. The molecule has 0 bridgehead atoms. The molecule has 4 nitrogen and oxygen atoms in total. The first-order valence-electron chi connectivity index (χ1n) is 9.05. The maximum absolute atomic E-state index is 13.1. The van der Waals surface area contributed by atoms with Gasteiger partial charge in [0.15, 0.2) is 0 Å². The Morgan fingerprint density at radius 3 is 2.76 bits per heavy atom. The van der Waals surface area contributed by atoms with E-state index < -0.39 is 0 Å². The normalized spacial score (nSPS) is 15.1. The van der Waals surface area contributed by atoms with Gasteiger partial charge >= 0.3 is 0 Å². The number of fused-ring (bicyclic) bond motifs is 3. The first-order chi connectivity index (χ1) is 12.2. The highest BCUT2D eigenvalue weighted by Crippen LogP contribution is 2.34. The quantitative estimate of drug-likeness (QED) is 0.749. The number of aromatic nitrogens is 2. The van der Waals surface area contributed by atoms with Gasteiger partial charge in [-0.15, -0.1) is 11.3 Å². The van der Waals surface area contributed by atoms with E-state index in [0.29, 0.717) is 12.5 Å². The number of nitrogens with one attached hydrogen (secondary N) is 1. The summed E-state index contributed by atoms with van der Waals surface area (Å²) in [5.41, 5.74) is 2.55. The van der Waals surface area contributed by atoms with Gasteiger partial charge in [-0.3, -0.25) is 9.36 Å². The smallest absolute Gasteiger partial charge is 0.263 e. The van der Waals surface area contributed by atoms with Crippen LogP contribution in [0.25, 0.3) is 10.2 Å². The van der Waals surface area contributed by atoms with Crippen molar-refractivity contribution in [1.29, 1.82) is 0 Å². The lowest BCUT2D eigenvalue weighted by Crippen LogP contribution is -2.25. The fourth-order valence-corrected chi connectivity index (χ4v) is 4.91. The van der Waals surface area contributed by atoms with Gasteiger partial charge in [-0.1, -0.05) is 30.3 Å². The lowest BCUT2D eigenvalue weighted by Gasteiger charge is -2.18. The van der Waals surface area contributed by atoms with Gasteiger partial charge in [0.05, 0.1) is 11.4 Å². The van der Waals surface area contributed by atoms with Crippen LogP contribution in [-0.2, 0) is 19.4 Å². The largest absolute Gasteiger partial charge is 0.349 e. The molecule has 1 aromatic carbocycles. The predicted octanol–water partition coefficient (Wildman–Crippen LogP) is 4.53. The van der Waals surface area contributed by atoms with E-state index in [1.54, 1.807) is 15.9 Å². The molecule has 3 aromatic rings. The molecule has 0 amide bonds. The molecule has 0 aliphatic heterocycles. The van der Waals surface area contributed by atoms with E-state index in [1.165, 1.54) is 28.8 Å². The van der Waals surface area contributed by atoms with Crippen LogP contribution in [0.2, 0.25) is 0 Å². The number of hydrogen-bond acceptors (Lipinski definition) is 4. The maximum Gasteiger partial charge on any atom is 0.263 e. The molecule has 2 aromatic heterocycles. The summed E-state index contributed by atoms with van der Waals surface area (Å²) in [4.78, 5) is 20.2. The second kappa shape index (κ2) is 6.64. The Labute approximate surface area is 151 Å². The van der Waals surface area contributed by atoms with Crippen LogP contribution in [0.5, 0.6) is 0 Å². The van der Waals surface area contributed by atoms with Crippen molar-refractivity contribution in [1.82, 2.24) is 9.55 Å². The van der Waals surface area contributed by atoms with Gasteiger partial charge in [0.25, 0.3) is 5.56 Å². The van der Waals surface area contributed by atoms with Crippen LogP contribution in [0, 0.1) is 0 Å². The molecular formula is C20H23N3OS. The van der Waals surface area contributed by atoms with Crippen molar-refractivity contribution in [3.8, 4) is 0 Å². The zero-order chi connectivity index (χ0) is 17.4. The molecule has 1 unspecified atom stereocenters. The van der Waals surface area contributed by atoms with Gasteiger partial charge in [0.1, 0.15) is 4.83 Å². The molecule has 1 atom stereocenters. The number of anilines is 1. The molecule has 4 rings (SSSR count). The number of rotatable bonds is 4. The summed E-state index contributed by atoms with van der Waals surface area (Å²) in [5.74, 6) is 0.676. The first kappa shape index (κ1) is 16.3. The minimum atomic E-state index is 0.0953. The Hall–Kier alpha value is -2.14. The van der Waals surface area contributed by atoms with E-state index in [2.05, 4.69) is 24.4 Å². The van der Waals surface area contributed by atoms with Crippen LogP contribution < -0.4 is 10.9 Å². The van der Waals surface area contributed by atoms with Gasteiger partial charge < -0.3 is 5.32 Å². The molecule has 130 valence electrons. The number of thiophene rings is 1. The summed E-state index contributed by atoms with van der Waals surface area (Å²) in [6.07, 6.45) is 4.50. The van der Waals surface area contributed by atoms with E-state index in [0.717, 1.165) is 23.1 Å². The third kappa shape index (κ3) is 2.86. The van der Waals surface area contributed by atoms with E-state index >= 15 is 0 Å². The van der Waals surface area contributed by atoms with Crippen molar-refractivity contribution in [3.05, 3.63) is 56.7 Å². The summed E-state index contributed by atoms with van der Waals surface area (Å²) in [5, 5.41) is 4.31. The summed E-state index contributed by atoms with van der Waals surface area (Å²) in [6.45, 7) is 4.73. The molecule has 0 spiro atoms. The monoisotopic (exact) mass is 353 g/mol. The predicted molar refractivity (Wildman–Crippen MR) is 105 cm³/mol. The molecule has 0 radical (unpaired) electrons. The van der Waals surface area contributed by atoms with Crippen molar-refractivity contribution in [3.63, 3.8) is 0 Å². The molecule has 0 fully saturated rings. The Morgan fingerprint density at radius 1 is 1.24 bits per heavy atom. The zero-order valence-corrected chi connectivity index (χ0v) is 15.5. The minimum Gasteiger partial charge on any atom is -0.349 e. The molecule has 1 aliphatic rings. The Kier molecular flexibility index (Phi) is 4.34. The third-order valence-electron chi connectivity index (χ3n) is 5.04. The zero-order valence-electron chi connectivity index (χ0n) is 14.7. The average molecular weight is 353 g/mol. The average Bonchev–Trinajstić information content (AvgIpc) is 3.01. The van der Waals surface area contributed by atoms with Crippen molar-refractivity contribution < 1.29 is 0 Å². The second-order valence-electron chi connectivity index (χ2n) is 6.65. The van der Waals surface area contributed by atoms with Crippen LogP contribution >= 0.6 is 11.3 Å². The molecule has 1 N–H and O–H groups in total. The molecule has 2 heterocycles. The number of benzene rings is 1. The van der Waals surface area contributed by atoms with E-state index in [-0.39, 0.29) is 11.6 Å². The number of hydrogen-bond donors (Lipinski definition) is 1. The van der Waals surface area contributed by atoms with Crippen LogP contribution in [0.15, 0.2) is 35.1 Å². The lowest BCUT2D eigenvalue weighted by atomic mass is 9.97. The van der Waals surface area contributed by atoms with E-state index in [1.807, 2.05) is 25.1 Å². The molecule has 25 heavy (non-hydrogen) atoms. The highest BCUT2D eigenvalue weighted by Gasteiger charge is 2.22. The van der Waals surface area contributed by atoms with Crippen LogP contribution in [0.4, 0.5) is 5.95 Å². The fourth-order valence-electron chi connectivity index (χ4n) is 3.66.